The minimum Gasteiger partial charge on any atom is -0.453 e. The van der Waals surface area contributed by atoms with Crippen LogP contribution in [0, 0.1) is 17.6 Å². The van der Waals surface area contributed by atoms with Gasteiger partial charge >= 0.3 is 24.5 Å². The molecule has 8 nitrogen and oxygen atoms in total. The number of urea groups is 1. The number of amides is 4. The standard InChI is InChI=1S/C30H32F8N4O4/c1-40(21-11-17(29(33,34)35)10-18(12-21)30(36,37)38)28(45)41(2)25-15-42(14-23(25)22-9-6-19(31)13-24(22)32)26(43)16-4-7-20(8-5-16)39-27(44)46-3/h6,9-13,16,20,23,25H,4-5,7-8,14-15H2,1-3H3,(H,39,44)/t16-,20-,23-,25+/m0/s1. The fourth-order valence-electron chi connectivity index (χ4n) is 6.06. The number of hydrogen-bond donors (Lipinski definition) is 1. The van der Waals surface area contributed by atoms with Crippen molar-refractivity contribution in [1.29, 1.82) is 0 Å². The molecule has 252 valence electrons. The van der Waals surface area contributed by atoms with Crippen molar-refractivity contribution in [2.75, 3.05) is 39.2 Å². The van der Waals surface area contributed by atoms with E-state index in [2.05, 4.69) is 10.1 Å². The first kappa shape index (κ1) is 34.8. The van der Waals surface area contributed by atoms with Crippen LogP contribution in [0.1, 0.15) is 48.3 Å². The molecule has 2 aromatic carbocycles. The zero-order chi connectivity index (χ0) is 34.1. The highest BCUT2D eigenvalue weighted by Crippen LogP contribution is 2.40. The summed E-state index contributed by atoms with van der Waals surface area (Å²) in [5, 5.41) is 2.69. The van der Waals surface area contributed by atoms with Crippen LogP contribution in [0.4, 0.5) is 50.4 Å². The smallest absolute Gasteiger partial charge is 0.416 e. The first-order valence-corrected chi connectivity index (χ1v) is 14.3. The van der Waals surface area contributed by atoms with Crippen LogP contribution in [0.25, 0.3) is 0 Å². The summed E-state index contributed by atoms with van der Waals surface area (Å²) in [4.78, 5) is 41.8. The molecule has 0 aromatic heterocycles. The molecule has 1 saturated carbocycles. The van der Waals surface area contributed by atoms with Gasteiger partial charge in [-0.2, -0.15) is 26.3 Å². The van der Waals surface area contributed by atoms with E-state index in [-0.39, 0.29) is 36.7 Å². The summed E-state index contributed by atoms with van der Waals surface area (Å²) in [5.41, 5.74) is -3.93. The molecule has 16 heteroatoms. The number of halogens is 8. The van der Waals surface area contributed by atoms with Crippen molar-refractivity contribution in [2.24, 2.45) is 5.92 Å². The van der Waals surface area contributed by atoms with E-state index in [0.29, 0.717) is 48.8 Å². The topological polar surface area (TPSA) is 82.2 Å². The maximum absolute atomic E-state index is 15.0. The lowest BCUT2D eigenvalue weighted by molar-refractivity contribution is -0.143. The number of alkyl halides is 6. The number of nitrogens with one attached hydrogen (secondary N) is 1. The number of hydrogen-bond acceptors (Lipinski definition) is 4. The van der Waals surface area contributed by atoms with Gasteiger partial charge in [-0.25, -0.2) is 18.4 Å². The number of carbonyl (C=O) groups is 3. The van der Waals surface area contributed by atoms with Gasteiger partial charge in [-0.05, 0) is 55.5 Å². The molecule has 1 N–H and O–H groups in total. The predicted molar refractivity (Wildman–Crippen MR) is 149 cm³/mol. The number of likely N-dealkylation sites (tertiary alicyclic amines) is 1. The van der Waals surface area contributed by atoms with E-state index in [4.69, 9.17) is 0 Å². The number of nitrogens with zero attached hydrogens (tertiary/aromatic N) is 3. The number of alkyl carbamates (subject to hydrolysis) is 1. The van der Waals surface area contributed by atoms with Gasteiger partial charge in [0, 0.05) is 56.8 Å². The fourth-order valence-corrected chi connectivity index (χ4v) is 6.06. The molecule has 2 atom stereocenters. The Morgan fingerprint density at radius 2 is 1.46 bits per heavy atom. The Labute approximate surface area is 259 Å². The highest BCUT2D eigenvalue weighted by molar-refractivity contribution is 5.92. The Balaban J connectivity index is 1.60. The highest BCUT2D eigenvalue weighted by Gasteiger charge is 2.44. The Morgan fingerprint density at radius 1 is 0.870 bits per heavy atom. The summed E-state index contributed by atoms with van der Waals surface area (Å²) in [7, 11) is 3.47. The van der Waals surface area contributed by atoms with Crippen molar-refractivity contribution < 1.29 is 54.2 Å². The summed E-state index contributed by atoms with van der Waals surface area (Å²) < 4.78 is 114. The summed E-state index contributed by atoms with van der Waals surface area (Å²) in [6.07, 6.45) is -9.08. The molecule has 2 aromatic rings. The average Bonchev–Trinajstić information content (AvgIpc) is 3.44. The second kappa shape index (κ2) is 13.3. The van der Waals surface area contributed by atoms with Gasteiger partial charge in [0.05, 0.1) is 24.3 Å². The highest BCUT2D eigenvalue weighted by atomic mass is 19.4. The van der Waals surface area contributed by atoms with Crippen LogP contribution in [0.3, 0.4) is 0 Å². The molecule has 4 rings (SSSR count). The first-order chi connectivity index (χ1) is 21.4. The minimum atomic E-state index is -5.14. The molecule has 0 radical (unpaired) electrons. The third kappa shape index (κ3) is 7.64. The Morgan fingerprint density at radius 3 is 1.98 bits per heavy atom. The van der Waals surface area contributed by atoms with Gasteiger partial charge in [-0.15, -0.1) is 0 Å². The minimum absolute atomic E-state index is 0.0200. The molecule has 1 aliphatic heterocycles. The van der Waals surface area contributed by atoms with E-state index in [1.54, 1.807) is 0 Å². The van der Waals surface area contributed by atoms with E-state index < -0.39 is 70.8 Å². The van der Waals surface area contributed by atoms with Crippen molar-refractivity contribution in [3.63, 3.8) is 0 Å². The van der Waals surface area contributed by atoms with Crippen LogP contribution in [0.2, 0.25) is 0 Å². The van der Waals surface area contributed by atoms with Gasteiger partial charge in [-0.3, -0.25) is 9.69 Å². The Kier molecular flexibility index (Phi) is 10.1. The van der Waals surface area contributed by atoms with E-state index in [9.17, 15) is 45.1 Å². The SMILES string of the molecule is COC(=O)N[C@H]1CC[C@H](C(=O)N2C[C@@H](N(C)C(=O)N(C)c3cc(C(F)(F)F)cc(C(F)(F)F)c3)[C@H](c3ccc(F)cc3F)C2)CC1. The zero-order valence-electron chi connectivity index (χ0n) is 25.0. The summed E-state index contributed by atoms with van der Waals surface area (Å²) in [5.74, 6) is -3.47. The molecular weight excluding hydrogens is 632 g/mol. The molecule has 1 heterocycles. The molecule has 46 heavy (non-hydrogen) atoms. The summed E-state index contributed by atoms with van der Waals surface area (Å²) >= 11 is 0. The van der Waals surface area contributed by atoms with E-state index >= 15 is 4.39 Å². The first-order valence-electron chi connectivity index (χ1n) is 14.3. The zero-order valence-corrected chi connectivity index (χ0v) is 25.0. The quantitative estimate of drug-likeness (QED) is 0.376. The second-order valence-corrected chi connectivity index (χ2v) is 11.5. The molecule has 1 aliphatic carbocycles. The summed E-state index contributed by atoms with van der Waals surface area (Å²) in [6.45, 7) is -0.220. The molecule has 4 amide bonds. The van der Waals surface area contributed by atoms with Gasteiger partial charge in [0.15, 0.2) is 0 Å². The summed E-state index contributed by atoms with van der Waals surface area (Å²) in [6, 6.07) is 1.38. The van der Waals surface area contributed by atoms with Crippen LogP contribution >= 0.6 is 0 Å². The van der Waals surface area contributed by atoms with Crippen molar-refractivity contribution in [2.45, 2.75) is 56.0 Å². The van der Waals surface area contributed by atoms with Crippen molar-refractivity contribution in [3.05, 3.63) is 64.7 Å². The third-order valence-electron chi connectivity index (χ3n) is 8.59. The van der Waals surface area contributed by atoms with Crippen LogP contribution in [-0.2, 0) is 21.9 Å². The number of ether oxygens (including phenoxy) is 1. The average molecular weight is 665 g/mol. The van der Waals surface area contributed by atoms with Gasteiger partial charge in [-0.1, -0.05) is 6.07 Å². The van der Waals surface area contributed by atoms with Crippen molar-refractivity contribution in [1.82, 2.24) is 15.1 Å². The normalized spacial score (nSPS) is 21.9. The van der Waals surface area contributed by atoms with Gasteiger partial charge in [0.2, 0.25) is 5.91 Å². The molecule has 0 bridgehead atoms. The van der Waals surface area contributed by atoms with Crippen molar-refractivity contribution >= 4 is 23.7 Å². The van der Waals surface area contributed by atoms with E-state index in [1.165, 1.54) is 25.1 Å². The van der Waals surface area contributed by atoms with E-state index in [1.807, 2.05) is 0 Å². The van der Waals surface area contributed by atoms with Gasteiger partial charge in [0.25, 0.3) is 0 Å². The largest absolute Gasteiger partial charge is 0.453 e. The number of likely N-dealkylation sites (N-methyl/N-ethyl adjacent to an activating group) is 1. The van der Waals surface area contributed by atoms with Crippen LogP contribution in [-0.4, -0.2) is 74.2 Å². The molecule has 1 saturated heterocycles. The second-order valence-electron chi connectivity index (χ2n) is 11.5. The predicted octanol–water partition coefficient (Wildman–Crippen LogP) is 6.40. The lowest BCUT2D eigenvalue weighted by atomic mass is 9.85. The lowest BCUT2D eigenvalue weighted by Gasteiger charge is -2.33. The third-order valence-corrected chi connectivity index (χ3v) is 8.59. The van der Waals surface area contributed by atoms with E-state index in [0.717, 1.165) is 18.0 Å². The van der Waals surface area contributed by atoms with Crippen molar-refractivity contribution in [3.8, 4) is 0 Å². The number of carbonyl (C=O) groups excluding carboxylic acids is 3. The number of rotatable bonds is 5. The Hall–Kier alpha value is -4.11. The molecule has 0 unspecified atom stereocenters. The van der Waals surface area contributed by atoms with Crippen LogP contribution < -0.4 is 10.2 Å². The number of benzene rings is 2. The van der Waals surface area contributed by atoms with Gasteiger partial charge < -0.3 is 19.9 Å². The molecule has 2 fully saturated rings. The van der Waals surface area contributed by atoms with Gasteiger partial charge in [0.1, 0.15) is 11.6 Å². The molecule has 0 spiro atoms. The maximum atomic E-state index is 15.0. The lowest BCUT2D eigenvalue weighted by Crippen LogP contribution is -2.48. The van der Waals surface area contributed by atoms with Crippen LogP contribution in [0.15, 0.2) is 36.4 Å². The number of anilines is 1. The van der Waals surface area contributed by atoms with Crippen LogP contribution in [0.5, 0.6) is 0 Å². The monoisotopic (exact) mass is 664 g/mol. The molecule has 2 aliphatic rings. The number of methoxy groups -OCH3 is 1. The maximum Gasteiger partial charge on any atom is 0.416 e. The molecular formula is C30H32F8N4O4. The fraction of sp³-hybridized carbons (Fsp3) is 0.500. The Bertz CT molecular complexity index is 1430.